The zero-order valence-electron chi connectivity index (χ0n) is 17.6. The van der Waals surface area contributed by atoms with Gasteiger partial charge in [-0.2, -0.15) is 0 Å². The molecule has 0 aliphatic carbocycles. The number of benzene rings is 2. The second kappa shape index (κ2) is 7.99. The lowest BCUT2D eigenvalue weighted by Gasteiger charge is -2.12. The van der Waals surface area contributed by atoms with Crippen LogP contribution in [0.2, 0.25) is 0 Å². The van der Waals surface area contributed by atoms with Gasteiger partial charge in [-0.25, -0.2) is 0 Å². The molecule has 2 heterocycles. The summed E-state index contributed by atoms with van der Waals surface area (Å²) in [5.41, 5.74) is 5.77. The lowest BCUT2D eigenvalue weighted by atomic mass is 10.0. The summed E-state index contributed by atoms with van der Waals surface area (Å²) < 4.78 is 12.7. The average molecular weight is 422 g/mol. The first kappa shape index (κ1) is 20.2. The summed E-state index contributed by atoms with van der Waals surface area (Å²) in [7, 11) is 3.13. The van der Waals surface area contributed by atoms with Crippen LogP contribution in [0, 0.1) is 20.8 Å². The smallest absolute Gasteiger partial charge is 0.196 e. The van der Waals surface area contributed by atoms with Crippen LogP contribution in [-0.4, -0.2) is 40.4 Å². The molecule has 0 atom stereocenters. The summed E-state index contributed by atoms with van der Waals surface area (Å²) in [5.74, 6) is 1.30. The number of aryl methyl sites for hydroxylation is 3. The van der Waals surface area contributed by atoms with Gasteiger partial charge in [0.05, 0.1) is 31.1 Å². The number of hydrogen-bond donors (Lipinski definition) is 0. The van der Waals surface area contributed by atoms with Gasteiger partial charge in [0, 0.05) is 5.39 Å². The van der Waals surface area contributed by atoms with Crippen LogP contribution in [0.15, 0.2) is 41.6 Å². The Bertz CT molecular complexity index is 1280. The van der Waals surface area contributed by atoms with Gasteiger partial charge in [0.15, 0.2) is 16.6 Å². The molecule has 0 saturated heterocycles. The Balaban J connectivity index is 1.74. The van der Waals surface area contributed by atoms with Crippen molar-refractivity contribution in [1.29, 1.82) is 0 Å². The molecule has 0 unspecified atom stereocenters. The number of thioether (sulfide) groups is 1. The molecule has 4 aromatic rings. The summed E-state index contributed by atoms with van der Waals surface area (Å²) in [6.45, 7) is 6.21. The van der Waals surface area contributed by atoms with Crippen molar-refractivity contribution in [3.05, 3.63) is 58.7 Å². The topological polar surface area (TPSA) is 65.7 Å². The Morgan fingerprint density at radius 2 is 1.73 bits per heavy atom. The number of carbonyl (C=O) groups excluding carboxylic acids is 1. The van der Waals surface area contributed by atoms with E-state index in [0.29, 0.717) is 22.2 Å². The van der Waals surface area contributed by atoms with Crippen LogP contribution in [0.5, 0.6) is 11.5 Å². The number of rotatable bonds is 6. The van der Waals surface area contributed by atoms with E-state index in [2.05, 4.69) is 46.6 Å². The minimum Gasteiger partial charge on any atom is -0.497 e. The molecule has 2 aromatic carbocycles. The average Bonchev–Trinajstić information content (AvgIpc) is 3.18. The van der Waals surface area contributed by atoms with Gasteiger partial charge in [-0.1, -0.05) is 23.9 Å². The molecule has 4 rings (SSSR count). The Morgan fingerprint density at radius 1 is 0.967 bits per heavy atom. The van der Waals surface area contributed by atoms with Crippen LogP contribution in [0.25, 0.3) is 16.6 Å². The predicted octanol–water partition coefficient (Wildman–Crippen LogP) is 4.80. The SMILES string of the molecule is COc1ccc(OC)c(C(=O)CSc2nnc3c(C)cc4c(C)ccc(C)c4n23)c1. The maximum Gasteiger partial charge on any atom is 0.196 e. The summed E-state index contributed by atoms with van der Waals surface area (Å²) in [5, 5.41) is 10.6. The molecular weight excluding hydrogens is 398 g/mol. The monoisotopic (exact) mass is 421 g/mol. The number of nitrogens with zero attached hydrogens (tertiary/aromatic N) is 3. The number of ether oxygens (including phenoxy) is 2. The van der Waals surface area contributed by atoms with E-state index in [1.54, 1.807) is 32.4 Å². The van der Waals surface area contributed by atoms with Crippen molar-refractivity contribution in [1.82, 2.24) is 14.6 Å². The van der Waals surface area contributed by atoms with Crippen molar-refractivity contribution in [2.24, 2.45) is 0 Å². The Labute approximate surface area is 179 Å². The van der Waals surface area contributed by atoms with Gasteiger partial charge in [-0.05, 0) is 61.7 Å². The van der Waals surface area contributed by atoms with Crippen molar-refractivity contribution in [3.8, 4) is 11.5 Å². The van der Waals surface area contributed by atoms with Gasteiger partial charge in [-0.15, -0.1) is 10.2 Å². The van der Waals surface area contributed by atoms with Crippen LogP contribution < -0.4 is 9.47 Å². The number of aromatic nitrogens is 3. The molecule has 30 heavy (non-hydrogen) atoms. The molecule has 0 bridgehead atoms. The second-order valence-electron chi connectivity index (χ2n) is 7.21. The number of fused-ring (bicyclic) bond motifs is 3. The Kier molecular flexibility index (Phi) is 5.39. The summed E-state index contributed by atoms with van der Waals surface area (Å²) in [6.07, 6.45) is 0. The number of pyridine rings is 1. The van der Waals surface area contributed by atoms with Crippen LogP contribution in [0.3, 0.4) is 0 Å². The molecule has 6 nitrogen and oxygen atoms in total. The molecule has 0 radical (unpaired) electrons. The quantitative estimate of drug-likeness (QED) is 0.329. The number of Topliss-reactive ketones (excluding diaryl/α,β-unsaturated/α-hetero) is 1. The number of methoxy groups -OCH3 is 2. The van der Waals surface area contributed by atoms with Crippen LogP contribution in [-0.2, 0) is 0 Å². The van der Waals surface area contributed by atoms with Gasteiger partial charge < -0.3 is 9.47 Å². The van der Waals surface area contributed by atoms with E-state index in [4.69, 9.17) is 9.47 Å². The lowest BCUT2D eigenvalue weighted by Crippen LogP contribution is -2.06. The van der Waals surface area contributed by atoms with Gasteiger partial charge >= 0.3 is 0 Å². The first-order chi connectivity index (χ1) is 14.4. The lowest BCUT2D eigenvalue weighted by molar-refractivity contribution is 0.101. The normalized spacial score (nSPS) is 11.2. The molecule has 0 aliphatic rings. The third kappa shape index (κ3) is 3.39. The highest BCUT2D eigenvalue weighted by atomic mass is 32.2. The van der Waals surface area contributed by atoms with Gasteiger partial charge in [0.25, 0.3) is 0 Å². The highest BCUT2D eigenvalue weighted by Gasteiger charge is 2.18. The highest BCUT2D eigenvalue weighted by Crippen LogP contribution is 2.31. The fourth-order valence-corrected chi connectivity index (χ4v) is 4.46. The fraction of sp³-hybridized carbons (Fsp3) is 0.261. The summed E-state index contributed by atoms with van der Waals surface area (Å²) in [4.78, 5) is 13.0. The first-order valence-corrected chi connectivity index (χ1v) is 10.6. The molecular formula is C23H23N3O3S. The van der Waals surface area contributed by atoms with Crippen molar-refractivity contribution in [3.63, 3.8) is 0 Å². The minimum absolute atomic E-state index is 0.0580. The molecule has 0 spiro atoms. The van der Waals surface area contributed by atoms with E-state index in [1.807, 2.05) is 6.92 Å². The van der Waals surface area contributed by atoms with E-state index in [1.165, 1.54) is 22.7 Å². The predicted molar refractivity (Wildman–Crippen MR) is 119 cm³/mol. The van der Waals surface area contributed by atoms with Crippen LogP contribution in [0.1, 0.15) is 27.0 Å². The standard InChI is InChI=1S/C23H23N3O3S/c1-13-6-7-14(2)21-17(13)10-15(3)22-24-25-23(26(21)22)30-12-19(27)18-11-16(28-4)8-9-20(18)29-5/h6-11H,12H2,1-5H3. The van der Waals surface area contributed by atoms with E-state index >= 15 is 0 Å². The maximum absolute atomic E-state index is 13.0. The van der Waals surface area contributed by atoms with E-state index in [0.717, 1.165) is 22.3 Å². The number of hydrogen-bond acceptors (Lipinski definition) is 6. The van der Waals surface area contributed by atoms with Gasteiger partial charge in [-0.3, -0.25) is 9.20 Å². The van der Waals surface area contributed by atoms with Gasteiger partial charge in [0.2, 0.25) is 0 Å². The molecule has 2 aromatic heterocycles. The molecule has 0 aliphatic heterocycles. The van der Waals surface area contributed by atoms with E-state index < -0.39 is 0 Å². The van der Waals surface area contributed by atoms with E-state index in [-0.39, 0.29) is 11.5 Å². The molecule has 7 heteroatoms. The third-order valence-corrected chi connectivity index (χ3v) is 6.18. The second-order valence-corrected chi connectivity index (χ2v) is 8.15. The molecule has 0 N–H and O–H groups in total. The minimum atomic E-state index is -0.0580. The molecule has 154 valence electrons. The van der Waals surface area contributed by atoms with Crippen molar-refractivity contribution in [2.75, 3.05) is 20.0 Å². The van der Waals surface area contributed by atoms with Gasteiger partial charge in [0.1, 0.15) is 11.5 Å². The zero-order valence-corrected chi connectivity index (χ0v) is 18.5. The van der Waals surface area contributed by atoms with Crippen LogP contribution >= 0.6 is 11.8 Å². The summed E-state index contributed by atoms with van der Waals surface area (Å²) >= 11 is 1.37. The Hall–Kier alpha value is -3.06. The third-order valence-electron chi connectivity index (χ3n) is 5.25. The molecule has 0 saturated carbocycles. The Morgan fingerprint density at radius 3 is 2.47 bits per heavy atom. The van der Waals surface area contributed by atoms with Crippen molar-refractivity contribution < 1.29 is 14.3 Å². The number of carbonyl (C=O) groups is 1. The largest absolute Gasteiger partial charge is 0.497 e. The summed E-state index contributed by atoms with van der Waals surface area (Å²) in [6, 6.07) is 11.6. The highest BCUT2D eigenvalue weighted by molar-refractivity contribution is 7.99. The van der Waals surface area contributed by atoms with Crippen LogP contribution in [0.4, 0.5) is 0 Å². The first-order valence-electron chi connectivity index (χ1n) is 9.57. The molecule has 0 amide bonds. The van der Waals surface area contributed by atoms with E-state index in [9.17, 15) is 4.79 Å². The van der Waals surface area contributed by atoms with Crippen molar-refractivity contribution in [2.45, 2.75) is 25.9 Å². The molecule has 0 fully saturated rings. The zero-order chi connectivity index (χ0) is 21.4. The van der Waals surface area contributed by atoms with Crippen molar-refractivity contribution >= 4 is 34.1 Å². The number of ketones is 1. The fourth-order valence-electron chi connectivity index (χ4n) is 3.64. The maximum atomic E-state index is 13.0.